The molecule has 7 heteroatoms. The fourth-order valence-electron chi connectivity index (χ4n) is 2.02. The smallest absolute Gasteiger partial charge is 0.361 e. The Morgan fingerprint density at radius 1 is 1.42 bits per heavy atom. The molecule has 0 saturated heterocycles. The lowest BCUT2D eigenvalue weighted by atomic mass is 10.1. The molecule has 1 aromatic heterocycles. The van der Waals surface area contributed by atoms with Crippen LogP contribution < -0.4 is 5.32 Å². The quantitative estimate of drug-likeness (QED) is 0.852. The predicted molar refractivity (Wildman–Crippen MR) is 87.6 cm³/mol. The third kappa shape index (κ3) is 3.98. The van der Waals surface area contributed by atoms with E-state index in [1.165, 1.54) is 10.7 Å². The minimum absolute atomic E-state index is 0.0512. The lowest BCUT2D eigenvalue weighted by Crippen LogP contribution is -2.17. The van der Waals surface area contributed by atoms with Gasteiger partial charge in [0.15, 0.2) is 5.69 Å². The predicted octanol–water partition coefficient (Wildman–Crippen LogP) is 2.59. The largest absolute Gasteiger partial charge is 0.458 e. The Labute approximate surface area is 139 Å². The Kier molecular flexibility index (Phi) is 5.32. The highest BCUT2D eigenvalue weighted by molar-refractivity contribution is 6.07. The highest BCUT2D eigenvalue weighted by Gasteiger charge is 2.21. The van der Waals surface area contributed by atoms with Gasteiger partial charge in [0.2, 0.25) is 0 Å². The molecule has 1 amide bonds. The van der Waals surface area contributed by atoms with Crippen LogP contribution in [0.15, 0.2) is 30.5 Å². The van der Waals surface area contributed by atoms with E-state index in [1.54, 1.807) is 38.2 Å². The zero-order valence-electron chi connectivity index (χ0n) is 13.7. The van der Waals surface area contributed by atoms with Gasteiger partial charge in [-0.3, -0.25) is 9.48 Å². The number of carbonyl (C=O) groups excluding carboxylic acids is 2. The summed E-state index contributed by atoms with van der Waals surface area (Å²) in [6.07, 6.45) is 1.28. The number of nitriles is 1. The standard InChI is InChI=1S/C17H18N4O3/c1-4-21-10-14(15(20-21)17(23)24-11(2)3)19-16(22)13-7-5-6-12(8-13)9-18/h5-8,10-11H,4H2,1-3H3,(H,19,22). The molecule has 0 saturated carbocycles. The Morgan fingerprint density at radius 3 is 2.79 bits per heavy atom. The molecule has 0 fully saturated rings. The van der Waals surface area contributed by atoms with E-state index in [-0.39, 0.29) is 17.5 Å². The second-order valence-corrected chi connectivity index (χ2v) is 5.35. The van der Waals surface area contributed by atoms with Gasteiger partial charge in [0, 0.05) is 18.3 Å². The number of esters is 1. The zero-order chi connectivity index (χ0) is 17.7. The molecule has 0 unspecified atom stereocenters. The summed E-state index contributed by atoms with van der Waals surface area (Å²) < 4.78 is 6.69. The minimum Gasteiger partial charge on any atom is -0.458 e. The molecule has 7 nitrogen and oxygen atoms in total. The summed E-state index contributed by atoms with van der Waals surface area (Å²) >= 11 is 0. The van der Waals surface area contributed by atoms with Gasteiger partial charge in [-0.05, 0) is 39.0 Å². The van der Waals surface area contributed by atoms with E-state index in [0.717, 1.165) is 0 Å². The number of anilines is 1. The van der Waals surface area contributed by atoms with Crippen LogP contribution in [-0.2, 0) is 11.3 Å². The van der Waals surface area contributed by atoms with Crippen LogP contribution in [0.4, 0.5) is 5.69 Å². The lowest BCUT2D eigenvalue weighted by molar-refractivity contribution is 0.0371. The van der Waals surface area contributed by atoms with E-state index in [1.807, 2.05) is 13.0 Å². The summed E-state index contributed by atoms with van der Waals surface area (Å²) in [6.45, 7) is 5.88. The van der Waals surface area contributed by atoms with Crippen molar-refractivity contribution >= 4 is 17.6 Å². The molecule has 0 spiro atoms. The average Bonchev–Trinajstić information content (AvgIpc) is 2.97. The SMILES string of the molecule is CCn1cc(NC(=O)c2cccc(C#N)c2)c(C(=O)OC(C)C)n1. The van der Waals surface area contributed by atoms with Gasteiger partial charge in [-0.25, -0.2) is 4.79 Å². The molecule has 1 N–H and O–H groups in total. The molecular formula is C17H18N4O3. The van der Waals surface area contributed by atoms with Gasteiger partial charge in [0.05, 0.1) is 23.4 Å². The monoisotopic (exact) mass is 326 g/mol. The van der Waals surface area contributed by atoms with Gasteiger partial charge in [0.1, 0.15) is 0 Å². The van der Waals surface area contributed by atoms with Crippen LogP contribution in [0.3, 0.4) is 0 Å². The van der Waals surface area contributed by atoms with Gasteiger partial charge in [0.25, 0.3) is 5.91 Å². The number of carbonyl (C=O) groups is 2. The Bertz CT molecular complexity index is 802. The Morgan fingerprint density at radius 2 is 2.17 bits per heavy atom. The lowest BCUT2D eigenvalue weighted by Gasteiger charge is -2.08. The van der Waals surface area contributed by atoms with Crippen molar-refractivity contribution in [2.24, 2.45) is 0 Å². The van der Waals surface area contributed by atoms with Crippen molar-refractivity contribution in [3.8, 4) is 6.07 Å². The van der Waals surface area contributed by atoms with Gasteiger partial charge < -0.3 is 10.1 Å². The van der Waals surface area contributed by atoms with Crippen molar-refractivity contribution in [2.75, 3.05) is 5.32 Å². The molecule has 2 aromatic rings. The van der Waals surface area contributed by atoms with Crippen LogP contribution in [0.1, 0.15) is 47.2 Å². The van der Waals surface area contributed by atoms with Gasteiger partial charge in [-0.2, -0.15) is 10.4 Å². The first-order valence-electron chi connectivity index (χ1n) is 7.54. The fourth-order valence-corrected chi connectivity index (χ4v) is 2.02. The first-order chi connectivity index (χ1) is 11.4. The highest BCUT2D eigenvalue weighted by atomic mass is 16.5. The maximum atomic E-state index is 12.4. The van der Waals surface area contributed by atoms with Crippen molar-refractivity contribution < 1.29 is 14.3 Å². The van der Waals surface area contributed by atoms with Gasteiger partial charge in [-0.15, -0.1) is 0 Å². The number of nitrogens with zero attached hydrogens (tertiary/aromatic N) is 3. The van der Waals surface area contributed by atoms with E-state index < -0.39 is 11.9 Å². The molecule has 0 aliphatic rings. The molecule has 0 aliphatic heterocycles. The van der Waals surface area contributed by atoms with Crippen molar-refractivity contribution in [1.29, 1.82) is 5.26 Å². The maximum Gasteiger partial charge on any atom is 0.361 e. The molecule has 0 bridgehead atoms. The first kappa shape index (κ1) is 17.2. The number of ether oxygens (including phenoxy) is 1. The van der Waals surface area contributed by atoms with Crippen LogP contribution in [0.25, 0.3) is 0 Å². The Hall–Kier alpha value is -3.14. The van der Waals surface area contributed by atoms with E-state index in [2.05, 4.69) is 10.4 Å². The maximum absolute atomic E-state index is 12.4. The zero-order valence-corrected chi connectivity index (χ0v) is 13.7. The van der Waals surface area contributed by atoms with Crippen molar-refractivity contribution in [2.45, 2.75) is 33.4 Å². The van der Waals surface area contributed by atoms with E-state index in [0.29, 0.717) is 17.7 Å². The van der Waals surface area contributed by atoms with Crippen LogP contribution in [0.2, 0.25) is 0 Å². The van der Waals surface area contributed by atoms with Crippen molar-refractivity contribution in [1.82, 2.24) is 9.78 Å². The van der Waals surface area contributed by atoms with Crippen LogP contribution in [0.5, 0.6) is 0 Å². The van der Waals surface area contributed by atoms with Gasteiger partial charge in [-0.1, -0.05) is 6.07 Å². The number of hydrogen-bond acceptors (Lipinski definition) is 5. The van der Waals surface area contributed by atoms with Crippen LogP contribution in [0, 0.1) is 11.3 Å². The summed E-state index contributed by atoms with van der Waals surface area (Å²) in [5.41, 5.74) is 1.03. The molecule has 1 heterocycles. The molecule has 0 atom stereocenters. The summed E-state index contributed by atoms with van der Waals surface area (Å²) in [7, 11) is 0. The van der Waals surface area contributed by atoms with E-state index in [9.17, 15) is 9.59 Å². The topological polar surface area (TPSA) is 97.0 Å². The number of amides is 1. The minimum atomic E-state index is -0.599. The summed E-state index contributed by atoms with van der Waals surface area (Å²) in [5, 5.41) is 15.7. The second kappa shape index (κ2) is 7.42. The molecule has 124 valence electrons. The molecule has 1 aromatic carbocycles. The first-order valence-corrected chi connectivity index (χ1v) is 7.54. The number of aryl methyl sites for hydroxylation is 1. The van der Waals surface area contributed by atoms with Crippen molar-refractivity contribution in [3.63, 3.8) is 0 Å². The van der Waals surface area contributed by atoms with E-state index >= 15 is 0 Å². The normalized spacial score (nSPS) is 10.3. The Balaban J connectivity index is 2.28. The highest BCUT2D eigenvalue weighted by Crippen LogP contribution is 2.17. The third-order valence-electron chi connectivity index (χ3n) is 3.12. The van der Waals surface area contributed by atoms with Crippen molar-refractivity contribution in [3.05, 3.63) is 47.3 Å². The molecule has 0 radical (unpaired) electrons. The summed E-state index contributed by atoms with van der Waals surface area (Å²) in [5.74, 6) is -1.03. The number of benzene rings is 1. The van der Waals surface area contributed by atoms with Crippen LogP contribution in [-0.4, -0.2) is 27.8 Å². The fraction of sp³-hybridized carbons (Fsp3) is 0.294. The molecule has 0 aliphatic carbocycles. The van der Waals surface area contributed by atoms with Gasteiger partial charge >= 0.3 is 5.97 Å². The summed E-state index contributed by atoms with van der Waals surface area (Å²) in [4.78, 5) is 24.5. The number of aromatic nitrogens is 2. The number of rotatable bonds is 5. The molecule has 2 rings (SSSR count). The van der Waals surface area contributed by atoms with Crippen LogP contribution >= 0.6 is 0 Å². The molecule has 24 heavy (non-hydrogen) atoms. The average molecular weight is 326 g/mol. The third-order valence-corrected chi connectivity index (χ3v) is 3.12. The van der Waals surface area contributed by atoms with E-state index in [4.69, 9.17) is 10.00 Å². The second-order valence-electron chi connectivity index (χ2n) is 5.35. The number of nitrogens with one attached hydrogen (secondary N) is 1. The number of hydrogen-bond donors (Lipinski definition) is 1. The molecular weight excluding hydrogens is 308 g/mol. The summed E-state index contributed by atoms with van der Waals surface area (Å²) in [6, 6.07) is 8.28.